The standard InChI is InChI=1S/C22H27ClN2OS2/c1-14-8-15(2)12-25(11-14)7-3-6-24-22(26)20-9-16-13-27-19-10-17(23)4-5-18(19)21(16)28-20/h4-5,9-10,14-15H,3,6-8,11-13H2,1-2H3,(H,24,26)/t14-,15-/m1/s1. The van der Waals surface area contributed by atoms with Crippen molar-refractivity contribution in [3.05, 3.63) is 39.7 Å². The predicted octanol–water partition coefficient (Wildman–Crippen LogP) is 5.77. The molecule has 1 aromatic carbocycles. The van der Waals surface area contributed by atoms with E-state index in [2.05, 4.69) is 36.2 Å². The fraction of sp³-hybridized carbons (Fsp3) is 0.500. The lowest BCUT2D eigenvalue weighted by atomic mass is 9.92. The van der Waals surface area contributed by atoms with Crippen LogP contribution >= 0.6 is 34.7 Å². The van der Waals surface area contributed by atoms with Gasteiger partial charge in [0.15, 0.2) is 0 Å². The maximum absolute atomic E-state index is 12.6. The van der Waals surface area contributed by atoms with Crippen molar-refractivity contribution in [3.8, 4) is 10.4 Å². The van der Waals surface area contributed by atoms with Gasteiger partial charge in [0.2, 0.25) is 0 Å². The molecule has 4 rings (SSSR count). The van der Waals surface area contributed by atoms with E-state index in [1.165, 1.54) is 40.4 Å². The van der Waals surface area contributed by atoms with Crippen LogP contribution in [0.2, 0.25) is 5.02 Å². The van der Waals surface area contributed by atoms with Crippen molar-refractivity contribution in [1.82, 2.24) is 10.2 Å². The first-order valence-corrected chi connectivity index (χ1v) is 12.2. The molecule has 28 heavy (non-hydrogen) atoms. The van der Waals surface area contributed by atoms with Gasteiger partial charge < -0.3 is 10.2 Å². The number of amides is 1. The number of benzene rings is 1. The third kappa shape index (κ3) is 4.59. The SMILES string of the molecule is C[C@@H]1C[C@@H](C)CN(CCCNC(=O)c2cc3c(s2)-c2ccc(Cl)cc2SC3)C1. The van der Waals surface area contributed by atoms with Crippen LogP contribution in [-0.2, 0) is 5.75 Å². The lowest BCUT2D eigenvalue weighted by molar-refractivity contribution is 0.0951. The molecule has 2 aliphatic rings. The van der Waals surface area contributed by atoms with Crippen LogP contribution < -0.4 is 5.32 Å². The third-order valence-electron chi connectivity index (χ3n) is 5.49. The van der Waals surface area contributed by atoms with Crippen molar-refractivity contribution in [1.29, 1.82) is 0 Å². The van der Waals surface area contributed by atoms with E-state index in [4.69, 9.17) is 11.6 Å². The van der Waals surface area contributed by atoms with Crippen LogP contribution in [0.25, 0.3) is 10.4 Å². The minimum absolute atomic E-state index is 0.0558. The average Bonchev–Trinajstić information content (AvgIpc) is 3.09. The molecule has 150 valence electrons. The topological polar surface area (TPSA) is 32.3 Å². The van der Waals surface area contributed by atoms with Gasteiger partial charge in [-0.05, 0) is 55.0 Å². The van der Waals surface area contributed by atoms with E-state index in [0.717, 1.165) is 47.0 Å². The van der Waals surface area contributed by atoms with Gasteiger partial charge in [-0.15, -0.1) is 23.1 Å². The Hall–Kier alpha value is -1.01. The summed E-state index contributed by atoms with van der Waals surface area (Å²) in [6.45, 7) is 8.87. The molecule has 1 fully saturated rings. The van der Waals surface area contributed by atoms with Crippen molar-refractivity contribution in [3.63, 3.8) is 0 Å². The molecule has 6 heteroatoms. The van der Waals surface area contributed by atoms with Gasteiger partial charge in [0.25, 0.3) is 5.91 Å². The molecule has 0 saturated carbocycles. The summed E-state index contributed by atoms with van der Waals surface area (Å²) in [5, 5.41) is 3.89. The highest BCUT2D eigenvalue weighted by atomic mass is 35.5. The molecule has 0 spiro atoms. The summed E-state index contributed by atoms with van der Waals surface area (Å²) in [5.74, 6) is 2.52. The number of nitrogens with one attached hydrogen (secondary N) is 1. The van der Waals surface area contributed by atoms with E-state index in [-0.39, 0.29) is 5.91 Å². The Morgan fingerprint density at radius 2 is 2.04 bits per heavy atom. The molecule has 1 aromatic heterocycles. The van der Waals surface area contributed by atoms with Crippen LogP contribution in [0, 0.1) is 11.8 Å². The average molecular weight is 435 g/mol. The first-order chi connectivity index (χ1) is 13.5. The molecule has 3 heterocycles. The van der Waals surface area contributed by atoms with Gasteiger partial charge in [0.05, 0.1) is 4.88 Å². The number of halogens is 1. The Morgan fingerprint density at radius 1 is 1.25 bits per heavy atom. The van der Waals surface area contributed by atoms with Gasteiger partial charge in [-0.25, -0.2) is 0 Å². The fourth-order valence-corrected chi connectivity index (χ4v) is 7.00. The molecular weight excluding hydrogens is 408 g/mol. The number of hydrogen-bond donors (Lipinski definition) is 1. The number of carbonyl (C=O) groups excluding carboxylic acids is 1. The van der Waals surface area contributed by atoms with E-state index in [9.17, 15) is 4.79 Å². The molecule has 1 saturated heterocycles. The van der Waals surface area contributed by atoms with Crippen LogP contribution in [0.15, 0.2) is 29.2 Å². The summed E-state index contributed by atoms with van der Waals surface area (Å²) in [4.78, 5) is 18.4. The molecule has 0 aliphatic carbocycles. The zero-order valence-corrected chi connectivity index (χ0v) is 18.9. The molecule has 0 radical (unpaired) electrons. The van der Waals surface area contributed by atoms with E-state index >= 15 is 0 Å². The highest BCUT2D eigenvalue weighted by Gasteiger charge is 2.23. The number of hydrogen-bond acceptors (Lipinski definition) is 4. The number of rotatable bonds is 5. The first kappa shape index (κ1) is 20.3. The van der Waals surface area contributed by atoms with Gasteiger partial charge in [-0.3, -0.25) is 4.79 Å². The Kier molecular flexibility index (Phi) is 6.36. The smallest absolute Gasteiger partial charge is 0.261 e. The second kappa shape index (κ2) is 8.78. The van der Waals surface area contributed by atoms with Crippen molar-refractivity contribution in [2.24, 2.45) is 11.8 Å². The summed E-state index contributed by atoms with van der Waals surface area (Å²) in [7, 11) is 0. The van der Waals surface area contributed by atoms with Crippen molar-refractivity contribution in [2.45, 2.75) is 37.3 Å². The Balaban J connectivity index is 1.32. The number of likely N-dealkylation sites (tertiary alicyclic amines) is 1. The Bertz CT molecular complexity index is 856. The lowest BCUT2D eigenvalue weighted by Crippen LogP contribution is -2.40. The number of thiophene rings is 1. The third-order valence-corrected chi connectivity index (χ3v) is 8.03. The minimum Gasteiger partial charge on any atom is -0.351 e. The van der Waals surface area contributed by atoms with Gasteiger partial charge in [0, 0.05) is 45.7 Å². The molecule has 2 aliphatic heterocycles. The van der Waals surface area contributed by atoms with E-state index in [1.54, 1.807) is 23.1 Å². The second-order valence-electron chi connectivity index (χ2n) is 8.21. The molecule has 1 amide bonds. The monoisotopic (exact) mass is 434 g/mol. The molecule has 3 nitrogen and oxygen atoms in total. The largest absolute Gasteiger partial charge is 0.351 e. The first-order valence-electron chi connectivity index (χ1n) is 10.1. The molecule has 0 unspecified atom stereocenters. The number of piperidine rings is 1. The Labute approximate surface area is 180 Å². The molecular formula is C22H27ClN2OS2. The fourth-order valence-electron chi connectivity index (χ4n) is 4.40. The van der Waals surface area contributed by atoms with E-state index in [1.807, 2.05) is 12.1 Å². The highest BCUT2D eigenvalue weighted by molar-refractivity contribution is 7.98. The quantitative estimate of drug-likeness (QED) is 0.606. The molecule has 2 atom stereocenters. The number of fused-ring (bicyclic) bond motifs is 3. The van der Waals surface area contributed by atoms with Crippen LogP contribution in [0.1, 0.15) is 41.9 Å². The van der Waals surface area contributed by atoms with Gasteiger partial charge in [0.1, 0.15) is 0 Å². The molecule has 0 bridgehead atoms. The van der Waals surface area contributed by atoms with Crippen LogP contribution in [0.5, 0.6) is 0 Å². The van der Waals surface area contributed by atoms with Crippen LogP contribution in [0.3, 0.4) is 0 Å². The highest BCUT2D eigenvalue weighted by Crippen LogP contribution is 2.46. The molecule has 1 N–H and O–H groups in total. The second-order valence-corrected chi connectivity index (χ2v) is 10.7. The minimum atomic E-state index is 0.0558. The van der Waals surface area contributed by atoms with E-state index < -0.39 is 0 Å². The van der Waals surface area contributed by atoms with Crippen molar-refractivity contribution >= 4 is 40.6 Å². The predicted molar refractivity (Wildman–Crippen MR) is 121 cm³/mol. The van der Waals surface area contributed by atoms with Crippen LogP contribution in [0.4, 0.5) is 0 Å². The summed E-state index contributed by atoms with van der Waals surface area (Å²) in [6, 6.07) is 8.08. The number of thioether (sulfide) groups is 1. The normalized spacial score (nSPS) is 21.8. The number of carbonyl (C=O) groups is 1. The van der Waals surface area contributed by atoms with Gasteiger partial charge in [-0.1, -0.05) is 31.5 Å². The van der Waals surface area contributed by atoms with Crippen LogP contribution in [-0.4, -0.2) is 37.0 Å². The summed E-state index contributed by atoms with van der Waals surface area (Å²) in [5.41, 5.74) is 2.46. The lowest BCUT2D eigenvalue weighted by Gasteiger charge is -2.34. The number of nitrogens with zero attached hydrogens (tertiary/aromatic N) is 1. The maximum Gasteiger partial charge on any atom is 0.261 e. The van der Waals surface area contributed by atoms with Gasteiger partial charge >= 0.3 is 0 Å². The summed E-state index contributed by atoms with van der Waals surface area (Å²) >= 11 is 9.52. The van der Waals surface area contributed by atoms with E-state index in [0.29, 0.717) is 0 Å². The zero-order valence-electron chi connectivity index (χ0n) is 16.5. The van der Waals surface area contributed by atoms with Crippen molar-refractivity contribution < 1.29 is 4.79 Å². The van der Waals surface area contributed by atoms with Gasteiger partial charge in [-0.2, -0.15) is 0 Å². The van der Waals surface area contributed by atoms with Crippen molar-refractivity contribution in [2.75, 3.05) is 26.2 Å². The summed E-state index contributed by atoms with van der Waals surface area (Å²) in [6.07, 6.45) is 2.34. The zero-order chi connectivity index (χ0) is 19.7. The Morgan fingerprint density at radius 3 is 2.82 bits per heavy atom. The summed E-state index contributed by atoms with van der Waals surface area (Å²) < 4.78 is 0. The maximum atomic E-state index is 12.6. The molecule has 2 aromatic rings.